The monoisotopic (exact) mass is 425 g/mol. The molecule has 1 amide bonds. The molecule has 1 aromatic carbocycles. The third-order valence-electron chi connectivity index (χ3n) is 4.99. The summed E-state index contributed by atoms with van der Waals surface area (Å²) in [5, 5.41) is 17.7. The Hall–Kier alpha value is -3.04. The van der Waals surface area contributed by atoms with E-state index in [1.807, 2.05) is 19.1 Å². The summed E-state index contributed by atoms with van der Waals surface area (Å²) in [6, 6.07) is 7.75. The Morgan fingerprint density at radius 2 is 2.13 bits per heavy atom. The van der Waals surface area contributed by atoms with Crippen molar-refractivity contribution in [2.24, 2.45) is 0 Å². The number of aliphatic hydroxyl groups is 1. The zero-order valence-corrected chi connectivity index (χ0v) is 17.6. The minimum Gasteiger partial charge on any atom is -0.481 e. The Bertz CT molecular complexity index is 1070. The van der Waals surface area contributed by atoms with E-state index >= 15 is 0 Å². The summed E-state index contributed by atoms with van der Waals surface area (Å²) in [6.45, 7) is 2.46. The van der Waals surface area contributed by atoms with Gasteiger partial charge in [0.2, 0.25) is 17.7 Å². The van der Waals surface area contributed by atoms with E-state index < -0.39 is 5.60 Å². The molecule has 2 aromatic heterocycles. The highest BCUT2D eigenvalue weighted by Gasteiger charge is 2.35. The molecule has 1 fully saturated rings. The van der Waals surface area contributed by atoms with E-state index in [0.717, 1.165) is 21.7 Å². The van der Waals surface area contributed by atoms with Crippen molar-refractivity contribution in [1.29, 1.82) is 0 Å². The van der Waals surface area contributed by atoms with Gasteiger partial charge in [-0.1, -0.05) is 6.07 Å². The number of thiazole rings is 1. The fourth-order valence-electron chi connectivity index (χ4n) is 3.42. The first-order valence-electron chi connectivity index (χ1n) is 9.67. The van der Waals surface area contributed by atoms with Gasteiger partial charge in [0.05, 0.1) is 12.0 Å². The van der Waals surface area contributed by atoms with Gasteiger partial charge in [-0.3, -0.25) is 4.79 Å². The van der Waals surface area contributed by atoms with Crippen LogP contribution in [-0.4, -0.2) is 39.6 Å². The average molecular weight is 426 g/mol. The summed E-state index contributed by atoms with van der Waals surface area (Å²) in [5.74, 6) is 0.898. The third kappa shape index (κ3) is 4.42. The van der Waals surface area contributed by atoms with E-state index in [1.54, 1.807) is 25.6 Å². The van der Waals surface area contributed by atoms with Crippen LogP contribution in [0.4, 0.5) is 11.6 Å². The molecule has 0 saturated carbocycles. The largest absolute Gasteiger partial charge is 0.481 e. The summed E-state index contributed by atoms with van der Waals surface area (Å²) < 4.78 is 5.15. The molecular weight excluding hydrogens is 402 g/mol. The van der Waals surface area contributed by atoms with E-state index in [-0.39, 0.29) is 5.91 Å². The van der Waals surface area contributed by atoms with Crippen molar-refractivity contribution >= 4 is 28.9 Å². The summed E-state index contributed by atoms with van der Waals surface area (Å²) in [5.41, 5.74) is 1.81. The molecule has 1 aliphatic heterocycles. The molecule has 1 saturated heterocycles. The van der Waals surface area contributed by atoms with Gasteiger partial charge in [-0.25, -0.2) is 9.97 Å². The minimum atomic E-state index is -1.08. The molecule has 8 nitrogen and oxygen atoms in total. The number of nitrogens with one attached hydrogen (secondary N) is 2. The number of carbonyl (C=O) groups is 1. The van der Waals surface area contributed by atoms with Crippen LogP contribution in [0.3, 0.4) is 0 Å². The number of methoxy groups -OCH3 is 1. The number of aromatic nitrogens is 3. The highest BCUT2D eigenvalue weighted by molar-refractivity contribution is 7.15. The highest BCUT2D eigenvalue weighted by atomic mass is 32.1. The first-order valence-corrected chi connectivity index (χ1v) is 10.5. The van der Waals surface area contributed by atoms with Gasteiger partial charge >= 0.3 is 0 Å². The number of hydrogen-bond acceptors (Lipinski definition) is 8. The SMILES string of the molecule is COc1ccnc(Nc2cc(C)cc(-c3cnc(C4(O)CCNC(=O)CC4)s3)c2)n1. The van der Waals surface area contributed by atoms with Crippen LogP contribution in [0.2, 0.25) is 0 Å². The standard InChI is InChI=1S/C21H23N5O3S/c1-13-9-14(11-15(10-13)25-20-23-7-4-18(26-20)29-2)16-12-24-19(30-16)21(28)5-3-17(27)22-8-6-21/h4,7,9-12,28H,3,5-6,8H2,1-2H3,(H,22,27)(H,23,25,26). The number of nitrogens with zero attached hydrogens (tertiary/aromatic N) is 3. The molecule has 3 N–H and O–H groups in total. The van der Waals surface area contributed by atoms with Gasteiger partial charge in [0.15, 0.2) is 0 Å². The Morgan fingerprint density at radius 1 is 1.27 bits per heavy atom. The number of rotatable bonds is 5. The fourth-order valence-corrected chi connectivity index (χ4v) is 4.47. The Kier molecular flexibility index (Phi) is 5.65. The number of carbonyl (C=O) groups excluding carboxylic acids is 1. The van der Waals surface area contributed by atoms with Crippen molar-refractivity contribution in [1.82, 2.24) is 20.3 Å². The molecule has 4 rings (SSSR count). The first-order chi connectivity index (χ1) is 14.4. The van der Waals surface area contributed by atoms with E-state index in [4.69, 9.17) is 4.74 Å². The second kappa shape index (κ2) is 8.37. The second-order valence-electron chi connectivity index (χ2n) is 7.30. The molecular formula is C21H23N5O3S. The number of aryl methyl sites for hydroxylation is 1. The molecule has 0 spiro atoms. The molecule has 9 heteroatoms. The number of anilines is 2. The minimum absolute atomic E-state index is 0.0307. The van der Waals surface area contributed by atoms with Gasteiger partial charge in [0.25, 0.3) is 0 Å². The molecule has 156 valence electrons. The predicted molar refractivity (Wildman–Crippen MR) is 115 cm³/mol. The number of hydrogen-bond donors (Lipinski definition) is 3. The smallest absolute Gasteiger partial charge is 0.230 e. The van der Waals surface area contributed by atoms with E-state index in [0.29, 0.717) is 42.6 Å². The molecule has 1 unspecified atom stereocenters. The van der Waals surface area contributed by atoms with Gasteiger partial charge in [0, 0.05) is 43.5 Å². The highest BCUT2D eigenvalue weighted by Crippen LogP contribution is 2.38. The van der Waals surface area contributed by atoms with Crippen molar-refractivity contribution in [3.05, 3.63) is 47.2 Å². The predicted octanol–water partition coefficient (Wildman–Crippen LogP) is 3.15. The van der Waals surface area contributed by atoms with Crippen LogP contribution in [-0.2, 0) is 10.4 Å². The molecule has 0 bridgehead atoms. The average Bonchev–Trinajstić information content (AvgIpc) is 3.17. The van der Waals surface area contributed by atoms with Crippen LogP contribution in [0.25, 0.3) is 10.4 Å². The number of benzene rings is 1. The molecule has 0 aliphatic carbocycles. The van der Waals surface area contributed by atoms with Gasteiger partial charge in [-0.2, -0.15) is 4.98 Å². The normalized spacial score (nSPS) is 19.1. The number of amides is 1. The fraction of sp³-hybridized carbons (Fsp3) is 0.333. The van der Waals surface area contributed by atoms with Crippen LogP contribution in [0.5, 0.6) is 5.88 Å². The molecule has 30 heavy (non-hydrogen) atoms. The Morgan fingerprint density at radius 3 is 2.97 bits per heavy atom. The lowest BCUT2D eigenvalue weighted by Crippen LogP contribution is -2.27. The molecule has 0 radical (unpaired) electrons. The lowest BCUT2D eigenvalue weighted by Gasteiger charge is -2.22. The maximum absolute atomic E-state index is 11.6. The topological polar surface area (TPSA) is 109 Å². The van der Waals surface area contributed by atoms with Crippen molar-refractivity contribution < 1.29 is 14.6 Å². The molecule has 1 atom stereocenters. The van der Waals surface area contributed by atoms with Crippen molar-refractivity contribution in [3.63, 3.8) is 0 Å². The molecule has 3 heterocycles. The van der Waals surface area contributed by atoms with Crippen molar-refractivity contribution in [3.8, 4) is 16.3 Å². The van der Waals surface area contributed by atoms with E-state index in [9.17, 15) is 9.90 Å². The van der Waals surface area contributed by atoms with Crippen LogP contribution in [0, 0.1) is 6.92 Å². The van der Waals surface area contributed by atoms with Gasteiger partial charge < -0.3 is 20.5 Å². The second-order valence-corrected chi connectivity index (χ2v) is 8.33. The van der Waals surface area contributed by atoms with Gasteiger partial charge in [-0.15, -0.1) is 11.3 Å². The summed E-state index contributed by atoms with van der Waals surface area (Å²) in [6.07, 6.45) is 4.54. The maximum atomic E-state index is 11.6. The summed E-state index contributed by atoms with van der Waals surface area (Å²) >= 11 is 1.45. The molecule has 3 aromatic rings. The van der Waals surface area contributed by atoms with Crippen LogP contribution >= 0.6 is 11.3 Å². The van der Waals surface area contributed by atoms with E-state index in [1.165, 1.54) is 11.3 Å². The zero-order chi connectivity index (χ0) is 21.1. The van der Waals surface area contributed by atoms with Crippen LogP contribution in [0.15, 0.2) is 36.7 Å². The summed E-state index contributed by atoms with van der Waals surface area (Å²) in [7, 11) is 1.56. The van der Waals surface area contributed by atoms with Crippen molar-refractivity contribution in [2.45, 2.75) is 31.8 Å². The first kappa shape index (κ1) is 20.2. The van der Waals surface area contributed by atoms with E-state index in [2.05, 4.69) is 31.7 Å². The Labute approximate surface area is 178 Å². The lowest BCUT2D eigenvalue weighted by molar-refractivity contribution is -0.121. The molecule has 1 aliphatic rings. The Balaban J connectivity index is 1.59. The lowest BCUT2D eigenvalue weighted by atomic mass is 9.96. The summed E-state index contributed by atoms with van der Waals surface area (Å²) in [4.78, 5) is 25.6. The third-order valence-corrected chi connectivity index (χ3v) is 6.23. The van der Waals surface area contributed by atoms with Crippen LogP contribution < -0.4 is 15.4 Å². The van der Waals surface area contributed by atoms with Crippen molar-refractivity contribution in [2.75, 3.05) is 19.0 Å². The van der Waals surface area contributed by atoms with Gasteiger partial charge in [0.1, 0.15) is 10.6 Å². The zero-order valence-electron chi connectivity index (χ0n) is 16.8. The quantitative estimate of drug-likeness (QED) is 0.576. The van der Waals surface area contributed by atoms with Crippen LogP contribution in [0.1, 0.15) is 29.8 Å². The number of ether oxygens (including phenoxy) is 1. The maximum Gasteiger partial charge on any atom is 0.230 e. The van der Waals surface area contributed by atoms with Gasteiger partial charge in [-0.05, 0) is 36.6 Å².